The van der Waals surface area contributed by atoms with Gasteiger partial charge in [-0.3, -0.25) is 25.3 Å². The van der Waals surface area contributed by atoms with Crippen LogP contribution in [0.5, 0.6) is 5.75 Å². The van der Waals surface area contributed by atoms with E-state index in [0.29, 0.717) is 10.9 Å². The van der Waals surface area contributed by atoms with Crippen molar-refractivity contribution >= 4 is 22.5 Å². The Balaban J connectivity index is 2.44. The lowest BCUT2D eigenvalue weighted by Gasteiger charge is -2.07. The number of pyridine rings is 1. The van der Waals surface area contributed by atoms with Gasteiger partial charge in [0.15, 0.2) is 6.61 Å². The lowest BCUT2D eigenvalue weighted by Crippen LogP contribution is -2.34. The Labute approximate surface area is 107 Å². The summed E-state index contributed by atoms with van der Waals surface area (Å²) in [5, 5.41) is 11.2. The van der Waals surface area contributed by atoms with Crippen molar-refractivity contribution in [3.05, 3.63) is 40.6 Å². The van der Waals surface area contributed by atoms with Crippen LogP contribution >= 0.6 is 0 Å². The van der Waals surface area contributed by atoms with Crippen molar-refractivity contribution in [1.82, 2.24) is 10.4 Å². The number of benzene rings is 1. The Morgan fingerprint density at radius 2 is 2.26 bits per heavy atom. The van der Waals surface area contributed by atoms with Gasteiger partial charge in [-0.25, -0.2) is 5.84 Å². The zero-order valence-corrected chi connectivity index (χ0v) is 9.70. The van der Waals surface area contributed by atoms with Gasteiger partial charge in [-0.15, -0.1) is 0 Å². The fourth-order valence-corrected chi connectivity index (χ4v) is 1.59. The molecule has 0 spiro atoms. The summed E-state index contributed by atoms with van der Waals surface area (Å²) in [6.45, 7) is -0.292. The van der Waals surface area contributed by atoms with Crippen molar-refractivity contribution in [1.29, 1.82) is 0 Å². The van der Waals surface area contributed by atoms with Crippen LogP contribution in [0.25, 0.3) is 10.9 Å². The lowest BCUT2D eigenvalue weighted by atomic mass is 10.1. The summed E-state index contributed by atoms with van der Waals surface area (Å²) in [5.41, 5.74) is 2.17. The molecule has 1 aromatic heterocycles. The highest BCUT2D eigenvalue weighted by Crippen LogP contribution is 2.31. The largest absolute Gasteiger partial charge is 0.481 e. The number of aromatic nitrogens is 1. The summed E-state index contributed by atoms with van der Waals surface area (Å²) in [6.07, 6.45) is 1.49. The minimum atomic E-state index is -0.512. The second-order valence-electron chi connectivity index (χ2n) is 3.60. The lowest BCUT2D eigenvalue weighted by molar-refractivity contribution is -0.383. The molecule has 98 valence electrons. The van der Waals surface area contributed by atoms with E-state index in [1.807, 2.05) is 5.43 Å². The molecule has 0 aliphatic carbocycles. The molecule has 0 aliphatic rings. The smallest absolute Gasteiger partial charge is 0.279 e. The number of nitro groups is 1. The third kappa shape index (κ3) is 2.58. The maximum Gasteiger partial charge on any atom is 0.279 e. The number of fused-ring (bicyclic) bond motifs is 1. The number of rotatable bonds is 4. The first kappa shape index (κ1) is 12.7. The molecule has 2 aromatic rings. The van der Waals surface area contributed by atoms with Gasteiger partial charge in [-0.1, -0.05) is 0 Å². The van der Waals surface area contributed by atoms with Gasteiger partial charge in [-0.2, -0.15) is 0 Å². The molecule has 0 bridgehead atoms. The molecule has 1 heterocycles. The average Bonchev–Trinajstić information content (AvgIpc) is 2.43. The number of hydrogen-bond donors (Lipinski definition) is 2. The Hall–Kier alpha value is -2.74. The number of nitrogens with zero attached hydrogens (tertiary/aromatic N) is 2. The van der Waals surface area contributed by atoms with Gasteiger partial charge >= 0.3 is 0 Å². The zero-order valence-electron chi connectivity index (χ0n) is 9.70. The number of carbonyl (C=O) groups excluding carboxylic acids is 1. The molecular weight excluding hydrogens is 252 g/mol. The van der Waals surface area contributed by atoms with Gasteiger partial charge in [0.25, 0.3) is 11.6 Å². The van der Waals surface area contributed by atoms with E-state index < -0.39 is 10.8 Å². The maximum atomic E-state index is 11.0. The molecule has 1 aromatic carbocycles. The molecule has 0 unspecified atom stereocenters. The predicted octanol–water partition coefficient (Wildman–Crippen LogP) is 0.512. The number of nitrogens with two attached hydrogens (primary N) is 1. The van der Waals surface area contributed by atoms with E-state index >= 15 is 0 Å². The van der Waals surface area contributed by atoms with E-state index in [1.165, 1.54) is 18.3 Å². The summed E-state index contributed by atoms with van der Waals surface area (Å²) in [4.78, 5) is 25.4. The van der Waals surface area contributed by atoms with Crippen LogP contribution in [0.1, 0.15) is 0 Å². The van der Waals surface area contributed by atoms with Crippen molar-refractivity contribution in [2.45, 2.75) is 0 Å². The molecule has 2 rings (SSSR count). The third-order valence-corrected chi connectivity index (χ3v) is 2.43. The van der Waals surface area contributed by atoms with Gasteiger partial charge < -0.3 is 4.74 Å². The second-order valence-corrected chi connectivity index (χ2v) is 3.60. The van der Waals surface area contributed by atoms with Gasteiger partial charge in [0.2, 0.25) is 0 Å². The predicted molar refractivity (Wildman–Crippen MR) is 66.2 cm³/mol. The Bertz CT molecular complexity index is 644. The topological polar surface area (TPSA) is 120 Å². The highest BCUT2D eigenvalue weighted by Gasteiger charge is 2.16. The number of hydrogen-bond acceptors (Lipinski definition) is 6. The summed E-state index contributed by atoms with van der Waals surface area (Å²) < 4.78 is 5.23. The number of nitro benzene ring substituents is 1. The number of ether oxygens (including phenoxy) is 1. The van der Waals surface area contributed by atoms with E-state index in [1.54, 1.807) is 12.1 Å². The van der Waals surface area contributed by atoms with Gasteiger partial charge in [0.1, 0.15) is 11.3 Å². The Kier molecular flexibility index (Phi) is 3.53. The fraction of sp³-hybridized carbons (Fsp3) is 0.0909. The second kappa shape index (κ2) is 5.27. The van der Waals surface area contributed by atoms with Crippen LogP contribution < -0.4 is 16.0 Å². The van der Waals surface area contributed by atoms with E-state index in [-0.39, 0.29) is 18.0 Å². The highest BCUT2D eigenvalue weighted by molar-refractivity contribution is 5.92. The number of carbonyl (C=O) groups is 1. The van der Waals surface area contributed by atoms with Crippen LogP contribution in [-0.4, -0.2) is 22.4 Å². The molecular formula is C11H10N4O4. The fourth-order valence-electron chi connectivity index (χ4n) is 1.59. The number of hydrazine groups is 1. The van der Waals surface area contributed by atoms with E-state index in [2.05, 4.69) is 4.98 Å². The summed E-state index contributed by atoms with van der Waals surface area (Å²) >= 11 is 0. The van der Waals surface area contributed by atoms with Crippen LogP contribution in [-0.2, 0) is 4.79 Å². The minimum Gasteiger partial charge on any atom is -0.481 e. The molecule has 3 N–H and O–H groups in total. The van der Waals surface area contributed by atoms with Crippen LogP contribution in [0.4, 0.5) is 5.69 Å². The van der Waals surface area contributed by atoms with E-state index in [0.717, 1.165) is 0 Å². The molecule has 8 heteroatoms. The molecule has 8 nitrogen and oxygen atoms in total. The molecule has 1 amide bonds. The Morgan fingerprint density at radius 3 is 2.95 bits per heavy atom. The van der Waals surface area contributed by atoms with Crippen LogP contribution in [0.15, 0.2) is 30.5 Å². The first-order valence-corrected chi connectivity index (χ1v) is 5.28. The number of nitrogens with one attached hydrogen (secondary N) is 1. The molecule has 0 aliphatic heterocycles. The molecule has 0 fully saturated rings. The summed E-state index contributed by atoms with van der Waals surface area (Å²) in [6, 6.07) is 5.86. The molecule has 19 heavy (non-hydrogen) atoms. The average molecular weight is 262 g/mol. The first-order chi connectivity index (χ1) is 9.13. The quantitative estimate of drug-likeness (QED) is 0.358. The van der Waals surface area contributed by atoms with E-state index in [4.69, 9.17) is 10.6 Å². The summed E-state index contributed by atoms with van der Waals surface area (Å²) in [5.74, 6) is 4.70. The zero-order chi connectivity index (χ0) is 13.8. The van der Waals surface area contributed by atoms with Gasteiger partial charge in [0.05, 0.1) is 10.3 Å². The van der Waals surface area contributed by atoms with Crippen molar-refractivity contribution in [3.8, 4) is 5.75 Å². The van der Waals surface area contributed by atoms with Gasteiger partial charge in [-0.05, 0) is 18.2 Å². The third-order valence-electron chi connectivity index (χ3n) is 2.43. The maximum absolute atomic E-state index is 11.0. The number of amides is 1. The molecule has 0 saturated carbocycles. The van der Waals surface area contributed by atoms with Crippen molar-refractivity contribution in [2.75, 3.05) is 6.61 Å². The SMILES string of the molecule is NNC(=O)COc1ccc([N+](=O)[O-])c2cccnc12. The number of non-ortho nitro benzene ring substituents is 1. The normalized spacial score (nSPS) is 10.2. The monoisotopic (exact) mass is 262 g/mol. The minimum absolute atomic E-state index is 0.0706. The summed E-state index contributed by atoms with van der Waals surface area (Å²) in [7, 11) is 0. The van der Waals surface area contributed by atoms with Crippen molar-refractivity contribution in [3.63, 3.8) is 0 Å². The van der Waals surface area contributed by atoms with Crippen molar-refractivity contribution in [2.24, 2.45) is 5.84 Å². The van der Waals surface area contributed by atoms with Crippen LogP contribution in [0, 0.1) is 10.1 Å². The molecule has 0 radical (unpaired) electrons. The van der Waals surface area contributed by atoms with E-state index in [9.17, 15) is 14.9 Å². The van der Waals surface area contributed by atoms with Crippen LogP contribution in [0.3, 0.4) is 0 Å². The first-order valence-electron chi connectivity index (χ1n) is 5.28. The Morgan fingerprint density at radius 1 is 1.47 bits per heavy atom. The highest BCUT2D eigenvalue weighted by atomic mass is 16.6. The standard InChI is InChI=1S/C11H10N4O4/c12-14-10(16)6-19-9-4-3-8(15(17)18)7-2-1-5-13-11(7)9/h1-5H,6,12H2,(H,14,16). The van der Waals surface area contributed by atoms with Gasteiger partial charge in [0, 0.05) is 12.3 Å². The van der Waals surface area contributed by atoms with Crippen LogP contribution in [0.2, 0.25) is 0 Å². The molecule has 0 saturated heterocycles. The molecule has 0 atom stereocenters. The van der Waals surface area contributed by atoms with Crippen molar-refractivity contribution < 1.29 is 14.5 Å².